The fraction of sp³-hybridized carbons (Fsp3) is 0.0633. The number of nitrogens with zero attached hydrogens (tertiary/aromatic N) is 2. The molecule has 2 spiro atoms. The summed E-state index contributed by atoms with van der Waals surface area (Å²) >= 11 is 0. The number of hydrogen-bond acceptors (Lipinski definition) is 2. The van der Waals surface area contributed by atoms with Gasteiger partial charge in [-0.15, -0.1) is 0 Å². The summed E-state index contributed by atoms with van der Waals surface area (Å²) in [4.78, 5) is 5.19. The molecule has 3 aliphatic carbocycles. The molecule has 81 heavy (non-hydrogen) atoms. The molecule has 378 valence electrons. The van der Waals surface area contributed by atoms with Crippen molar-refractivity contribution >= 4 is 55.7 Å². The average Bonchev–Trinajstić information content (AvgIpc) is 3.07. The van der Waals surface area contributed by atoms with Crippen molar-refractivity contribution in [2.24, 2.45) is 0 Å². The Balaban J connectivity index is 0.955. The van der Waals surface area contributed by atoms with Gasteiger partial charge in [0.1, 0.15) is 0 Å². The molecule has 0 atom stereocenters. The van der Waals surface area contributed by atoms with Crippen LogP contribution in [0.3, 0.4) is 0 Å². The van der Waals surface area contributed by atoms with Gasteiger partial charge in [-0.2, -0.15) is 0 Å². The van der Waals surface area contributed by atoms with E-state index in [2.05, 4.69) is 303 Å². The van der Waals surface area contributed by atoms with E-state index in [9.17, 15) is 0 Å². The molecule has 13 aromatic rings. The van der Waals surface area contributed by atoms with E-state index in [-0.39, 0.29) is 5.41 Å². The Morgan fingerprint density at radius 3 is 0.877 bits per heavy atom. The lowest BCUT2D eigenvalue weighted by Gasteiger charge is -2.45. The summed E-state index contributed by atoms with van der Waals surface area (Å²) in [6.07, 6.45) is 0. The second kappa shape index (κ2) is 16.1. The summed E-state index contributed by atoms with van der Waals surface area (Å²) in [5.41, 5.74) is 29.3. The normalized spacial score (nSPS) is 15.3. The number of fused-ring (bicyclic) bond motifs is 23. The molecule has 2 heteroatoms. The first kappa shape index (κ1) is 44.9. The van der Waals surface area contributed by atoms with E-state index in [1.54, 1.807) is 0 Å². The van der Waals surface area contributed by atoms with Crippen LogP contribution in [0.4, 0.5) is 34.1 Å². The predicted octanol–water partition coefficient (Wildman–Crippen LogP) is 20.3. The molecule has 0 bridgehead atoms. The summed E-state index contributed by atoms with van der Waals surface area (Å²) in [6, 6.07) is 106. The van der Waals surface area contributed by atoms with Crippen LogP contribution in [-0.2, 0) is 16.2 Å². The molecule has 2 aliphatic heterocycles. The van der Waals surface area contributed by atoms with Crippen LogP contribution in [0.5, 0.6) is 0 Å². The van der Waals surface area contributed by atoms with Crippen molar-refractivity contribution in [1.82, 2.24) is 0 Å². The Kier molecular flexibility index (Phi) is 8.91. The van der Waals surface area contributed by atoms with E-state index in [1.807, 2.05) is 0 Å². The molecule has 0 saturated heterocycles. The van der Waals surface area contributed by atoms with Gasteiger partial charge in [-0.25, -0.2) is 0 Å². The van der Waals surface area contributed by atoms with E-state index in [1.165, 1.54) is 144 Å². The third kappa shape index (κ3) is 5.48. The Hall–Kier alpha value is -10.0. The van der Waals surface area contributed by atoms with Gasteiger partial charge in [-0.05, 0) is 153 Å². The standard InChI is InChI=1S/C79H52N2/c1-77(2)60-33-8-3-28-53(60)56-31-21-32-57(76(56)77)75-54-29-22-46-69(80-71-42-17-13-38-65(71)78(66-39-14-18-43-72(66)80)61-34-9-4-24-49(61)50-25-5-10-35-62(50)78)58(54)48-59-55(75)30-23-47-70(59)81-73-44-19-15-40-67(73)79(68-41-16-20-45-74(68)81)63-36-11-6-26-51(63)52-27-7-12-37-64(52)79/h3-48H,1-2H3. The number of hydrogen-bond donors (Lipinski definition) is 0. The topological polar surface area (TPSA) is 6.48 Å². The van der Waals surface area contributed by atoms with E-state index in [0.717, 1.165) is 11.4 Å². The lowest BCUT2D eigenvalue weighted by Crippen LogP contribution is -2.36. The smallest absolute Gasteiger partial charge is 0.0754 e. The summed E-state index contributed by atoms with van der Waals surface area (Å²) in [5.74, 6) is 0. The second-order valence-corrected chi connectivity index (χ2v) is 23.3. The van der Waals surface area contributed by atoms with Crippen molar-refractivity contribution in [3.63, 3.8) is 0 Å². The molecule has 0 aromatic heterocycles. The second-order valence-electron chi connectivity index (χ2n) is 23.3. The van der Waals surface area contributed by atoms with Crippen LogP contribution in [0.25, 0.3) is 66.1 Å². The molecule has 0 unspecified atom stereocenters. The maximum absolute atomic E-state index is 2.60. The third-order valence-electron chi connectivity index (χ3n) is 19.4. The van der Waals surface area contributed by atoms with Crippen molar-refractivity contribution < 1.29 is 0 Å². The molecule has 13 aromatic carbocycles. The molecule has 0 saturated carbocycles. The van der Waals surface area contributed by atoms with Gasteiger partial charge in [0, 0.05) is 16.2 Å². The number of para-hydroxylation sites is 4. The fourth-order valence-electron chi connectivity index (χ4n) is 16.5. The Morgan fingerprint density at radius 2 is 0.494 bits per heavy atom. The SMILES string of the molecule is CC1(C)c2ccccc2-c2cccc(-c3c4cccc(N5c6ccccc6C6(c7ccccc7-c7ccccc76)c6ccccc65)c4cc4c(N5c6ccccc6C6(c7ccccc7-c7ccccc76)c6ccccc65)cccc34)c21. The van der Waals surface area contributed by atoms with E-state index in [0.29, 0.717) is 0 Å². The largest absolute Gasteiger partial charge is 0.309 e. The number of anilines is 6. The number of rotatable bonds is 3. The molecule has 5 aliphatic rings. The highest BCUT2D eigenvalue weighted by atomic mass is 15.2. The van der Waals surface area contributed by atoms with Crippen LogP contribution in [0.15, 0.2) is 279 Å². The molecule has 2 nitrogen and oxygen atoms in total. The summed E-state index contributed by atoms with van der Waals surface area (Å²) < 4.78 is 0. The number of benzene rings is 13. The van der Waals surface area contributed by atoms with Gasteiger partial charge in [-0.3, -0.25) is 0 Å². The van der Waals surface area contributed by atoms with Crippen LogP contribution >= 0.6 is 0 Å². The van der Waals surface area contributed by atoms with Gasteiger partial charge in [0.15, 0.2) is 0 Å². The molecular formula is C79H52N2. The summed E-state index contributed by atoms with van der Waals surface area (Å²) in [5, 5.41) is 4.84. The van der Waals surface area contributed by atoms with E-state index >= 15 is 0 Å². The molecule has 0 amide bonds. The molecular weight excluding hydrogens is 977 g/mol. The predicted molar refractivity (Wildman–Crippen MR) is 336 cm³/mol. The third-order valence-corrected chi connectivity index (χ3v) is 19.4. The van der Waals surface area contributed by atoms with Crippen molar-refractivity contribution in [3.8, 4) is 44.5 Å². The van der Waals surface area contributed by atoms with Crippen LogP contribution < -0.4 is 9.80 Å². The summed E-state index contributed by atoms with van der Waals surface area (Å²) in [6.45, 7) is 4.86. The van der Waals surface area contributed by atoms with Crippen LogP contribution in [0.1, 0.15) is 69.5 Å². The fourth-order valence-corrected chi connectivity index (χ4v) is 16.5. The highest BCUT2D eigenvalue weighted by Gasteiger charge is 2.53. The first-order valence-electron chi connectivity index (χ1n) is 28.6. The zero-order chi connectivity index (χ0) is 53.3. The van der Waals surface area contributed by atoms with Crippen molar-refractivity contribution in [2.75, 3.05) is 9.80 Å². The van der Waals surface area contributed by atoms with Crippen LogP contribution in [-0.4, -0.2) is 0 Å². The van der Waals surface area contributed by atoms with Gasteiger partial charge in [0.05, 0.1) is 45.0 Å². The maximum Gasteiger partial charge on any atom is 0.0754 e. The summed E-state index contributed by atoms with van der Waals surface area (Å²) in [7, 11) is 0. The maximum atomic E-state index is 2.60. The lowest BCUT2D eigenvalue weighted by atomic mass is 9.64. The molecule has 18 rings (SSSR count). The Bertz CT molecular complexity index is 4460. The quantitative estimate of drug-likeness (QED) is 0.163. The lowest BCUT2D eigenvalue weighted by molar-refractivity contribution is 0.662. The zero-order valence-electron chi connectivity index (χ0n) is 45.0. The highest BCUT2D eigenvalue weighted by Crippen LogP contribution is 2.66. The molecule has 0 N–H and O–H groups in total. The van der Waals surface area contributed by atoms with Crippen molar-refractivity contribution in [2.45, 2.75) is 30.1 Å². The van der Waals surface area contributed by atoms with Crippen molar-refractivity contribution in [3.05, 3.63) is 335 Å². The van der Waals surface area contributed by atoms with Crippen molar-refractivity contribution in [1.29, 1.82) is 0 Å². The first-order valence-corrected chi connectivity index (χ1v) is 28.6. The van der Waals surface area contributed by atoms with Gasteiger partial charge in [0.2, 0.25) is 0 Å². The van der Waals surface area contributed by atoms with Gasteiger partial charge < -0.3 is 9.80 Å². The minimum absolute atomic E-state index is 0.258. The highest BCUT2D eigenvalue weighted by molar-refractivity contribution is 6.21. The van der Waals surface area contributed by atoms with Gasteiger partial charge in [-0.1, -0.05) is 250 Å². The van der Waals surface area contributed by atoms with Crippen LogP contribution in [0, 0.1) is 0 Å². The minimum atomic E-state index is -0.523. The minimum Gasteiger partial charge on any atom is -0.309 e. The van der Waals surface area contributed by atoms with E-state index in [4.69, 9.17) is 0 Å². The zero-order valence-corrected chi connectivity index (χ0v) is 45.0. The van der Waals surface area contributed by atoms with Gasteiger partial charge in [0.25, 0.3) is 0 Å². The molecule has 0 radical (unpaired) electrons. The van der Waals surface area contributed by atoms with Crippen LogP contribution in [0.2, 0.25) is 0 Å². The Morgan fingerprint density at radius 1 is 0.222 bits per heavy atom. The average molecular weight is 1030 g/mol. The van der Waals surface area contributed by atoms with E-state index < -0.39 is 10.8 Å². The first-order chi connectivity index (χ1) is 40.0. The van der Waals surface area contributed by atoms with Gasteiger partial charge >= 0.3 is 0 Å². The Labute approximate surface area is 472 Å². The monoisotopic (exact) mass is 1030 g/mol. The molecule has 2 heterocycles. The molecule has 0 fully saturated rings.